The molecule has 1 aliphatic rings. The molecule has 1 aromatic carbocycles. The molecule has 1 aromatic rings. The van der Waals surface area contributed by atoms with E-state index < -0.39 is 0 Å². The van der Waals surface area contributed by atoms with E-state index in [0.717, 1.165) is 6.61 Å². The molecule has 0 amide bonds. The van der Waals surface area contributed by atoms with Gasteiger partial charge in [-0.2, -0.15) is 0 Å². The number of ether oxygens (including phenoxy) is 1. The molecule has 0 spiro atoms. The Bertz CT molecular complexity index is 373. The zero-order chi connectivity index (χ0) is 12.8. The molecule has 0 atom stereocenters. The summed E-state index contributed by atoms with van der Waals surface area (Å²) in [5.41, 5.74) is 6.56. The van der Waals surface area contributed by atoms with Crippen LogP contribution in [0.25, 0.3) is 0 Å². The van der Waals surface area contributed by atoms with E-state index in [0.29, 0.717) is 23.8 Å². The molecule has 0 bridgehead atoms. The fourth-order valence-corrected chi connectivity index (χ4v) is 2.55. The molecular formula is C15H22FNO. The van der Waals surface area contributed by atoms with Crippen molar-refractivity contribution in [3.05, 3.63) is 29.6 Å². The molecular weight excluding hydrogens is 229 g/mol. The molecule has 100 valence electrons. The molecule has 1 fully saturated rings. The average molecular weight is 251 g/mol. The fourth-order valence-electron chi connectivity index (χ4n) is 2.55. The van der Waals surface area contributed by atoms with E-state index >= 15 is 0 Å². The maximum Gasteiger partial charge on any atom is 0.130 e. The van der Waals surface area contributed by atoms with Crippen LogP contribution in [-0.2, 0) is 11.3 Å². The molecule has 2 nitrogen and oxygen atoms in total. The van der Waals surface area contributed by atoms with Crippen LogP contribution in [0.3, 0.4) is 0 Å². The standard InChI is InChI=1S/C15H22FNO/c16-15-9-14(17)8-7-13(15)11-18-10-12-5-3-1-2-4-6-12/h7-9,12H,1-6,10-11,17H2. The first kappa shape index (κ1) is 13.3. The second-order valence-electron chi connectivity index (χ2n) is 5.22. The summed E-state index contributed by atoms with van der Waals surface area (Å²) < 4.78 is 19.2. The lowest BCUT2D eigenvalue weighted by molar-refractivity contribution is 0.0801. The van der Waals surface area contributed by atoms with Gasteiger partial charge in [0.1, 0.15) is 5.82 Å². The summed E-state index contributed by atoms with van der Waals surface area (Å²) in [7, 11) is 0. The zero-order valence-corrected chi connectivity index (χ0v) is 10.8. The molecule has 0 saturated heterocycles. The third-order valence-corrected chi connectivity index (χ3v) is 3.66. The molecule has 0 heterocycles. The van der Waals surface area contributed by atoms with Crippen LogP contribution in [0.4, 0.5) is 10.1 Å². The van der Waals surface area contributed by atoms with Gasteiger partial charge < -0.3 is 10.5 Å². The Morgan fingerprint density at radius 2 is 1.89 bits per heavy atom. The predicted molar refractivity (Wildman–Crippen MR) is 71.7 cm³/mol. The van der Waals surface area contributed by atoms with Crippen LogP contribution < -0.4 is 5.73 Å². The van der Waals surface area contributed by atoms with Gasteiger partial charge in [0, 0.05) is 17.9 Å². The molecule has 0 unspecified atom stereocenters. The molecule has 0 aromatic heterocycles. The molecule has 1 aliphatic carbocycles. The molecule has 3 heteroatoms. The van der Waals surface area contributed by atoms with Gasteiger partial charge in [-0.05, 0) is 30.9 Å². The highest BCUT2D eigenvalue weighted by Gasteiger charge is 2.12. The van der Waals surface area contributed by atoms with Gasteiger partial charge in [0.25, 0.3) is 0 Å². The summed E-state index contributed by atoms with van der Waals surface area (Å²) in [6.45, 7) is 1.10. The van der Waals surface area contributed by atoms with Crippen molar-refractivity contribution in [2.75, 3.05) is 12.3 Å². The van der Waals surface area contributed by atoms with Crippen LogP contribution in [0.5, 0.6) is 0 Å². The highest BCUT2D eigenvalue weighted by Crippen LogP contribution is 2.23. The van der Waals surface area contributed by atoms with Crippen molar-refractivity contribution in [1.82, 2.24) is 0 Å². The van der Waals surface area contributed by atoms with E-state index in [9.17, 15) is 4.39 Å². The third-order valence-electron chi connectivity index (χ3n) is 3.66. The van der Waals surface area contributed by atoms with E-state index in [1.807, 2.05) is 0 Å². The molecule has 1 saturated carbocycles. The minimum Gasteiger partial charge on any atom is -0.399 e. The van der Waals surface area contributed by atoms with Crippen LogP contribution in [0, 0.1) is 11.7 Å². The average Bonchev–Trinajstić information content (AvgIpc) is 2.60. The smallest absolute Gasteiger partial charge is 0.130 e. The molecule has 2 N–H and O–H groups in total. The number of halogens is 1. The second-order valence-corrected chi connectivity index (χ2v) is 5.22. The highest BCUT2D eigenvalue weighted by molar-refractivity contribution is 5.40. The monoisotopic (exact) mass is 251 g/mol. The van der Waals surface area contributed by atoms with Crippen molar-refractivity contribution in [1.29, 1.82) is 0 Å². The summed E-state index contributed by atoms with van der Waals surface area (Å²) in [6.07, 6.45) is 7.83. The first-order valence-electron chi connectivity index (χ1n) is 6.87. The first-order valence-corrected chi connectivity index (χ1v) is 6.87. The van der Waals surface area contributed by atoms with Crippen LogP contribution in [0.15, 0.2) is 18.2 Å². The maximum atomic E-state index is 13.5. The summed E-state index contributed by atoms with van der Waals surface area (Å²) >= 11 is 0. The van der Waals surface area contributed by atoms with Crippen molar-refractivity contribution < 1.29 is 9.13 Å². The Morgan fingerprint density at radius 1 is 1.17 bits per heavy atom. The van der Waals surface area contributed by atoms with E-state index in [4.69, 9.17) is 10.5 Å². The summed E-state index contributed by atoms with van der Waals surface area (Å²) in [5.74, 6) is 0.389. The van der Waals surface area contributed by atoms with Crippen molar-refractivity contribution in [2.24, 2.45) is 5.92 Å². The Kier molecular flexibility index (Phi) is 5.00. The van der Waals surface area contributed by atoms with Crippen molar-refractivity contribution in [3.63, 3.8) is 0 Å². The van der Waals surface area contributed by atoms with Gasteiger partial charge in [-0.1, -0.05) is 31.7 Å². The third kappa shape index (κ3) is 3.98. The lowest BCUT2D eigenvalue weighted by atomic mass is 10.0. The minimum atomic E-state index is -0.268. The van der Waals surface area contributed by atoms with Gasteiger partial charge in [-0.15, -0.1) is 0 Å². The summed E-state index contributed by atoms with van der Waals surface area (Å²) in [5, 5.41) is 0. The van der Waals surface area contributed by atoms with E-state index in [1.165, 1.54) is 44.6 Å². The summed E-state index contributed by atoms with van der Waals surface area (Å²) in [6, 6.07) is 4.77. The normalized spacial score (nSPS) is 17.6. The van der Waals surface area contributed by atoms with E-state index in [-0.39, 0.29) is 5.82 Å². The van der Waals surface area contributed by atoms with Gasteiger partial charge in [0.05, 0.1) is 6.61 Å². The Hall–Kier alpha value is -1.09. The predicted octanol–water partition coefficient (Wildman–Crippen LogP) is 3.89. The van der Waals surface area contributed by atoms with Gasteiger partial charge in [-0.3, -0.25) is 0 Å². The van der Waals surface area contributed by atoms with E-state index in [1.54, 1.807) is 12.1 Å². The topological polar surface area (TPSA) is 35.2 Å². The van der Waals surface area contributed by atoms with Crippen LogP contribution in [0.2, 0.25) is 0 Å². The second kappa shape index (κ2) is 6.74. The van der Waals surface area contributed by atoms with Crippen molar-refractivity contribution >= 4 is 5.69 Å². The number of anilines is 1. The van der Waals surface area contributed by atoms with Gasteiger partial charge in [-0.25, -0.2) is 4.39 Å². The van der Waals surface area contributed by atoms with Crippen molar-refractivity contribution in [2.45, 2.75) is 45.1 Å². The first-order chi connectivity index (χ1) is 8.75. The lowest BCUT2D eigenvalue weighted by Crippen LogP contribution is -2.09. The highest BCUT2D eigenvalue weighted by atomic mass is 19.1. The minimum absolute atomic E-state index is 0.268. The Balaban J connectivity index is 1.77. The molecule has 2 rings (SSSR count). The van der Waals surface area contributed by atoms with E-state index in [2.05, 4.69) is 0 Å². The SMILES string of the molecule is Nc1ccc(COCC2CCCCCC2)c(F)c1. The number of nitrogens with two attached hydrogens (primary N) is 1. The quantitative estimate of drug-likeness (QED) is 0.650. The number of hydrogen-bond acceptors (Lipinski definition) is 2. The Morgan fingerprint density at radius 3 is 2.56 bits per heavy atom. The maximum absolute atomic E-state index is 13.5. The number of hydrogen-bond donors (Lipinski definition) is 1. The lowest BCUT2D eigenvalue weighted by Gasteiger charge is -2.14. The van der Waals surface area contributed by atoms with Crippen LogP contribution in [0.1, 0.15) is 44.1 Å². The van der Waals surface area contributed by atoms with Gasteiger partial charge >= 0.3 is 0 Å². The molecule has 18 heavy (non-hydrogen) atoms. The largest absolute Gasteiger partial charge is 0.399 e. The molecule has 0 radical (unpaired) electrons. The van der Waals surface area contributed by atoms with Crippen LogP contribution >= 0.6 is 0 Å². The molecule has 0 aliphatic heterocycles. The van der Waals surface area contributed by atoms with Crippen LogP contribution in [-0.4, -0.2) is 6.61 Å². The number of nitrogen functional groups attached to an aromatic ring is 1. The summed E-state index contributed by atoms with van der Waals surface area (Å²) in [4.78, 5) is 0. The zero-order valence-electron chi connectivity index (χ0n) is 10.8. The number of rotatable bonds is 4. The fraction of sp³-hybridized carbons (Fsp3) is 0.600. The van der Waals surface area contributed by atoms with Gasteiger partial charge in [0.2, 0.25) is 0 Å². The van der Waals surface area contributed by atoms with Gasteiger partial charge in [0.15, 0.2) is 0 Å². The number of benzene rings is 1. The van der Waals surface area contributed by atoms with Crippen molar-refractivity contribution in [3.8, 4) is 0 Å². The Labute approximate surface area is 108 Å².